The molecule has 3 unspecified atom stereocenters. The highest BCUT2D eigenvalue weighted by Crippen LogP contribution is 2.44. The smallest absolute Gasteiger partial charge is 0.240 e. The Labute approximate surface area is 129 Å². The predicted molar refractivity (Wildman–Crippen MR) is 84.7 cm³/mol. The van der Waals surface area contributed by atoms with Crippen molar-refractivity contribution in [3.05, 3.63) is 36.0 Å². The lowest BCUT2D eigenvalue weighted by molar-refractivity contribution is -0.122. The number of para-hydroxylation sites is 1. The van der Waals surface area contributed by atoms with E-state index in [1.807, 2.05) is 28.8 Å². The molecule has 1 heterocycles. The van der Waals surface area contributed by atoms with Crippen molar-refractivity contribution in [1.82, 2.24) is 9.88 Å². The Morgan fingerprint density at radius 3 is 2.86 bits per heavy atom. The van der Waals surface area contributed by atoms with Crippen LogP contribution in [0.5, 0.6) is 0 Å². The molecule has 4 heteroatoms. The molecule has 2 fully saturated rings. The van der Waals surface area contributed by atoms with Gasteiger partial charge in [-0.25, -0.2) is 0 Å². The summed E-state index contributed by atoms with van der Waals surface area (Å²) in [7, 11) is 0. The number of fused-ring (bicyclic) bond motifs is 3. The van der Waals surface area contributed by atoms with Crippen LogP contribution in [0.1, 0.15) is 36.0 Å². The fourth-order valence-corrected chi connectivity index (χ4v) is 4.33. The van der Waals surface area contributed by atoms with Gasteiger partial charge in [-0.1, -0.05) is 24.6 Å². The number of hydrogen-bond donors (Lipinski definition) is 1. The molecule has 2 bridgehead atoms. The highest BCUT2D eigenvalue weighted by molar-refractivity contribution is 5.98. The van der Waals surface area contributed by atoms with Crippen LogP contribution in [-0.4, -0.2) is 22.8 Å². The molecule has 0 radical (unpaired) electrons. The Bertz CT molecular complexity index is 734. The summed E-state index contributed by atoms with van der Waals surface area (Å²) in [5.74, 6) is 1.56. The number of carbonyl (C=O) groups is 2. The quantitative estimate of drug-likeness (QED) is 0.882. The lowest BCUT2D eigenvalue weighted by Gasteiger charge is -2.23. The molecule has 1 amide bonds. The number of benzene rings is 1. The van der Waals surface area contributed by atoms with Crippen molar-refractivity contribution in [3.63, 3.8) is 0 Å². The number of carbonyl (C=O) groups excluding carboxylic acids is 2. The van der Waals surface area contributed by atoms with Crippen LogP contribution in [0, 0.1) is 11.8 Å². The van der Waals surface area contributed by atoms with E-state index in [-0.39, 0.29) is 12.5 Å². The number of rotatable bonds is 4. The van der Waals surface area contributed by atoms with Crippen LogP contribution in [0.3, 0.4) is 0 Å². The molecule has 2 aliphatic carbocycles. The lowest BCUT2D eigenvalue weighted by atomic mass is 9.95. The standard InChI is InChI=1S/C18H20N2O2/c21-11-14-9-20(17-4-2-1-3-15(14)17)10-18(22)19-16-8-12-5-6-13(16)7-12/h1-4,9,11-13,16H,5-8,10H2,(H,19,22). The van der Waals surface area contributed by atoms with Crippen molar-refractivity contribution < 1.29 is 9.59 Å². The average molecular weight is 296 g/mol. The number of aldehydes is 1. The van der Waals surface area contributed by atoms with Gasteiger partial charge in [0.15, 0.2) is 6.29 Å². The van der Waals surface area contributed by atoms with Gasteiger partial charge in [-0.3, -0.25) is 9.59 Å². The van der Waals surface area contributed by atoms with Crippen molar-refractivity contribution in [2.24, 2.45) is 11.8 Å². The summed E-state index contributed by atoms with van der Waals surface area (Å²) < 4.78 is 1.88. The number of hydrogen-bond acceptors (Lipinski definition) is 2. The van der Waals surface area contributed by atoms with Gasteiger partial charge in [0.1, 0.15) is 6.54 Å². The first-order chi connectivity index (χ1) is 10.7. The molecule has 2 aliphatic rings. The van der Waals surface area contributed by atoms with Crippen LogP contribution in [0.2, 0.25) is 0 Å². The summed E-state index contributed by atoms with van der Waals surface area (Å²) in [6, 6.07) is 8.07. The van der Waals surface area contributed by atoms with Crippen LogP contribution in [0.25, 0.3) is 10.9 Å². The zero-order valence-electron chi connectivity index (χ0n) is 12.5. The van der Waals surface area contributed by atoms with Crippen molar-refractivity contribution in [2.75, 3.05) is 0 Å². The second-order valence-electron chi connectivity index (χ2n) is 6.70. The SMILES string of the molecule is O=Cc1cn(CC(=O)NC2CC3CCC2C3)c2ccccc12. The first-order valence-corrected chi connectivity index (χ1v) is 8.07. The van der Waals surface area contributed by atoms with Crippen LogP contribution in [0.4, 0.5) is 0 Å². The van der Waals surface area contributed by atoms with Crippen molar-refractivity contribution in [3.8, 4) is 0 Å². The van der Waals surface area contributed by atoms with Crippen molar-refractivity contribution in [1.29, 1.82) is 0 Å². The van der Waals surface area contributed by atoms with Gasteiger partial charge < -0.3 is 9.88 Å². The second-order valence-corrected chi connectivity index (χ2v) is 6.70. The molecular weight excluding hydrogens is 276 g/mol. The summed E-state index contributed by atoms with van der Waals surface area (Å²) in [6.45, 7) is 0.280. The van der Waals surface area contributed by atoms with Gasteiger partial charge in [0, 0.05) is 28.7 Å². The number of nitrogens with zero attached hydrogens (tertiary/aromatic N) is 1. The van der Waals surface area contributed by atoms with E-state index in [0.717, 1.165) is 29.5 Å². The van der Waals surface area contributed by atoms with Crippen molar-refractivity contribution in [2.45, 2.75) is 38.3 Å². The maximum Gasteiger partial charge on any atom is 0.240 e. The molecule has 0 saturated heterocycles. The van der Waals surface area contributed by atoms with E-state index in [1.54, 1.807) is 6.20 Å². The molecule has 4 rings (SSSR count). The summed E-state index contributed by atoms with van der Waals surface area (Å²) in [4.78, 5) is 23.5. The number of aromatic nitrogens is 1. The molecule has 1 aromatic carbocycles. The van der Waals surface area contributed by atoms with Gasteiger partial charge in [-0.15, -0.1) is 0 Å². The predicted octanol–water partition coefficient (Wildman–Crippen LogP) is 2.76. The monoisotopic (exact) mass is 296 g/mol. The lowest BCUT2D eigenvalue weighted by Crippen LogP contribution is -2.40. The van der Waals surface area contributed by atoms with Crippen LogP contribution in [0.15, 0.2) is 30.5 Å². The molecule has 0 aliphatic heterocycles. The first kappa shape index (κ1) is 13.6. The molecule has 3 atom stereocenters. The summed E-state index contributed by atoms with van der Waals surface area (Å²) in [6.07, 6.45) is 7.65. The molecular formula is C18H20N2O2. The Hall–Kier alpha value is -2.10. The van der Waals surface area contributed by atoms with E-state index in [2.05, 4.69) is 5.32 Å². The van der Waals surface area contributed by atoms with Crippen molar-refractivity contribution >= 4 is 23.1 Å². The summed E-state index contributed by atoms with van der Waals surface area (Å²) >= 11 is 0. The van der Waals surface area contributed by atoms with Crippen LogP contribution < -0.4 is 5.32 Å². The minimum atomic E-state index is 0.0516. The molecule has 1 aromatic heterocycles. The summed E-state index contributed by atoms with van der Waals surface area (Å²) in [5.41, 5.74) is 1.58. The van der Waals surface area contributed by atoms with Gasteiger partial charge in [-0.2, -0.15) is 0 Å². The maximum atomic E-state index is 12.4. The fraction of sp³-hybridized carbons (Fsp3) is 0.444. The molecule has 2 aromatic rings. The Morgan fingerprint density at radius 1 is 1.27 bits per heavy atom. The van der Waals surface area contributed by atoms with E-state index in [4.69, 9.17) is 0 Å². The Balaban J connectivity index is 1.51. The zero-order chi connectivity index (χ0) is 15.1. The fourth-order valence-electron chi connectivity index (χ4n) is 4.33. The Morgan fingerprint density at radius 2 is 2.14 bits per heavy atom. The maximum absolute atomic E-state index is 12.4. The first-order valence-electron chi connectivity index (χ1n) is 8.07. The number of amides is 1. The average Bonchev–Trinajstić information content (AvgIpc) is 3.22. The third-order valence-corrected chi connectivity index (χ3v) is 5.34. The molecule has 4 nitrogen and oxygen atoms in total. The highest BCUT2D eigenvalue weighted by atomic mass is 16.2. The van der Waals surface area contributed by atoms with E-state index in [1.165, 1.54) is 19.3 Å². The summed E-state index contributed by atoms with van der Waals surface area (Å²) in [5, 5.41) is 4.11. The van der Waals surface area contributed by atoms with Gasteiger partial charge in [0.2, 0.25) is 5.91 Å². The highest BCUT2D eigenvalue weighted by Gasteiger charge is 2.40. The van der Waals surface area contributed by atoms with Gasteiger partial charge in [-0.05, 0) is 37.2 Å². The topological polar surface area (TPSA) is 51.1 Å². The van der Waals surface area contributed by atoms with Gasteiger partial charge in [0.25, 0.3) is 0 Å². The molecule has 1 N–H and O–H groups in total. The van der Waals surface area contributed by atoms with E-state index < -0.39 is 0 Å². The normalized spacial score (nSPS) is 26.5. The largest absolute Gasteiger partial charge is 0.352 e. The molecule has 22 heavy (non-hydrogen) atoms. The molecule has 0 spiro atoms. The minimum Gasteiger partial charge on any atom is -0.352 e. The third kappa shape index (κ3) is 2.23. The minimum absolute atomic E-state index is 0.0516. The van der Waals surface area contributed by atoms with Crippen LogP contribution in [-0.2, 0) is 11.3 Å². The van der Waals surface area contributed by atoms with Crippen LogP contribution >= 0.6 is 0 Å². The molecule has 2 saturated carbocycles. The van der Waals surface area contributed by atoms with Gasteiger partial charge >= 0.3 is 0 Å². The van der Waals surface area contributed by atoms with E-state index in [9.17, 15) is 9.59 Å². The Kier molecular flexibility index (Phi) is 3.25. The second kappa shape index (κ2) is 5.27. The van der Waals surface area contributed by atoms with Gasteiger partial charge in [0.05, 0.1) is 0 Å². The molecule has 114 valence electrons. The van der Waals surface area contributed by atoms with E-state index >= 15 is 0 Å². The van der Waals surface area contributed by atoms with E-state index in [0.29, 0.717) is 17.5 Å². The third-order valence-electron chi connectivity index (χ3n) is 5.34. The number of nitrogens with one attached hydrogen (secondary N) is 1. The zero-order valence-corrected chi connectivity index (χ0v) is 12.5.